The van der Waals surface area contributed by atoms with Crippen LogP contribution in [0.1, 0.15) is 17.4 Å². The van der Waals surface area contributed by atoms with Gasteiger partial charge in [0.05, 0.1) is 5.69 Å². The third kappa shape index (κ3) is 2.50. The molecule has 0 radical (unpaired) electrons. The normalized spacial score (nSPS) is 12.5. The van der Waals surface area contributed by atoms with Gasteiger partial charge < -0.3 is 5.11 Å². The van der Waals surface area contributed by atoms with E-state index in [0.717, 1.165) is 12.1 Å². The Balaban J connectivity index is 2.44. The number of hydrogen-bond donors (Lipinski definition) is 1. The van der Waals surface area contributed by atoms with Crippen molar-refractivity contribution in [3.05, 3.63) is 63.9 Å². The van der Waals surface area contributed by atoms with Crippen molar-refractivity contribution in [2.45, 2.75) is 6.10 Å². The van der Waals surface area contributed by atoms with Crippen LogP contribution in [0.3, 0.4) is 0 Å². The molecular weight excluding hydrogens is 292 g/mol. The van der Waals surface area contributed by atoms with E-state index in [4.69, 9.17) is 0 Å². The number of rotatable bonds is 2. The van der Waals surface area contributed by atoms with Crippen LogP contribution in [-0.2, 0) is 0 Å². The zero-order valence-electron chi connectivity index (χ0n) is 8.57. The lowest BCUT2D eigenvalue weighted by Gasteiger charge is -2.12. The second-order valence-corrected chi connectivity index (χ2v) is 4.29. The van der Waals surface area contributed by atoms with Gasteiger partial charge >= 0.3 is 0 Å². The highest BCUT2D eigenvalue weighted by atomic mass is 79.9. The smallest absolute Gasteiger partial charge is 0.132 e. The van der Waals surface area contributed by atoms with Crippen molar-refractivity contribution in [3.63, 3.8) is 0 Å². The predicted molar refractivity (Wildman–Crippen MR) is 62.4 cm³/mol. The number of benzene rings is 1. The standard InChI is InChI=1S/C12H8BrF2NO/c13-9-2-1-5-16-11(9)12(17)8-4-3-7(14)6-10(8)15/h1-6,12,17H. The highest BCUT2D eigenvalue weighted by Gasteiger charge is 2.18. The summed E-state index contributed by atoms with van der Waals surface area (Å²) in [4.78, 5) is 3.96. The van der Waals surface area contributed by atoms with E-state index in [1.807, 2.05) is 0 Å². The van der Waals surface area contributed by atoms with Crippen LogP contribution in [-0.4, -0.2) is 10.1 Å². The Morgan fingerprint density at radius 3 is 2.65 bits per heavy atom. The minimum atomic E-state index is -1.23. The molecule has 0 amide bonds. The van der Waals surface area contributed by atoms with E-state index < -0.39 is 17.7 Å². The minimum absolute atomic E-state index is 0.00852. The number of nitrogens with zero attached hydrogens (tertiary/aromatic N) is 1. The number of hydrogen-bond acceptors (Lipinski definition) is 2. The van der Waals surface area contributed by atoms with Crippen LogP contribution < -0.4 is 0 Å². The third-order valence-corrected chi connectivity index (χ3v) is 2.97. The van der Waals surface area contributed by atoms with E-state index in [1.165, 1.54) is 12.3 Å². The summed E-state index contributed by atoms with van der Waals surface area (Å²) in [6.45, 7) is 0. The average molecular weight is 300 g/mol. The summed E-state index contributed by atoms with van der Waals surface area (Å²) in [6, 6.07) is 6.40. The maximum absolute atomic E-state index is 13.5. The second-order valence-electron chi connectivity index (χ2n) is 3.44. The van der Waals surface area contributed by atoms with Crippen molar-refractivity contribution in [2.24, 2.45) is 0 Å². The highest BCUT2D eigenvalue weighted by Crippen LogP contribution is 2.28. The largest absolute Gasteiger partial charge is 0.382 e. The lowest BCUT2D eigenvalue weighted by Crippen LogP contribution is -2.05. The van der Waals surface area contributed by atoms with Crippen LogP contribution in [0, 0.1) is 11.6 Å². The van der Waals surface area contributed by atoms with Gasteiger partial charge in [-0.05, 0) is 34.1 Å². The lowest BCUT2D eigenvalue weighted by molar-refractivity contribution is 0.209. The molecule has 2 nitrogen and oxygen atoms in total. The van der Waals surface area contributed by atoms with Gasteiger partial charge in [-0.15, -0.1) is 0 Å². The van der Waals surface area contributed by atoms with Crippen LogP contribution in [0.4, 0.5) is 8.78 Å². The van der Waals surface area contributed by atoms with Crippen molar-refractivity contribution in [2.75, 3.05) is 0 Å². The zero-order valence-corrected chi connectivity index (χ0v) is 10.2. The summed E-state index contributed by atoms with van der Waals surface area (Å²) in [5, 5.41) is 9.99. The molecule has 1 aromatic carbocycles. The Morgan fingerprint density at radius 2 is 2.00 bits per heavy atom. The van der Waals surface area contributed by atoms with Crippen LogP contribution in [0.2, 0.25) is 0 Å². The first-order valence-electron chi connectivity index (χ1n) is 4.83. The van der Waals surface area contributed by atoms with Crippen molar-refractivity contribution >= 4 is 15.9 Å². The maximum Gasteiger partial charge on any atom is 0.132 e. The molecule has 2 aromatic rings. The summed E-state index contributed by atoms with van der Waals surface area (Å²) >= 11 is 3.21. The summed E-state index contributed by atoms with van der Waals surface area (Å²) in [7, 11) is 0. The van der Waals surface area contributed by atoms with E-state index in [1.54, 1.807) is 12.1 Å². The molecule has 1 atom stereocenters. The summed E-state index contributed by atoms with van der Waals surface area (Å²) < 4.78 is 26.8. The topological polar surface area (TPSA) is 33.1 Å². The van der Waals surface area contributed by atoms with E-state index in [-0.39, 0.29) is 11.3 Å². The van der Waals surface area contributed by atoms with Crippen LogP contribution in [0.5, 0.6) is 0 Å². The molecule has 0 fully saturated rings. The molecule has 1 unspecified atom stereocenters. The molecule has 1 aromatic heterocycles. The van der Waals surface area contributed by atoms with Crippen LogP contribution >= 0.6 is 15.9 Å². The molecule has 2 rings (SSSR count). The molecule has 88 valence electrons. The predicted octanol–water partition coefficient (Wildman–Crippen LogP) is 3.20. The third-order valence-electron chi connectivity index (χ3n) is 2.30. The van der Waals surface area contributed by atoms with E-state index in [0.29, 0.717) is 4.47 Å². The van der Waals surface area contributed by atoms with E-state index in [2.05, 4.69) is 20.9 Å². The first-order valence-corrected chi connectivity index (χ1v) is 5.62. The fraction of sp³-hybridized carbons (Fsp3) is 0.0833. The summed E-state index contributed by atoms with van der Waals surface area (Å²) in [6.07, 6.45) is 0.260. The second kappa shape index (κ2) is 4.89. The number of halogens is 3. The average Bonchev–Trinajstić information content (AvgIpc) is 2.29. The van der Waals surface area contributed by atoms with E-state index in [9.17, 15) is 13.9 Å². The quantitative estimate of drug-likeness (QED) is 0.924. The first kappa shape index (κ1) is 12.1. The van der Waals surface area contributed by atoms with Gasteiger partial charge in [0.1, 0.15) is 17.7 Å². The molecular formula is C12H8BrF2NO. The molecule has 0 aliphatic heterocycles. The van der Waals surface area contributed by atoms with Crippen molar-refractivity contribution in [1.82, 2.24) is 4.98 Å². The van der Waals surface area contributed by atoms with E-state index >= 15 is 0 Å². The van der Waals surface area contributed by atoms with Gasteiger partial charge in [0.15, 0.2) is 0 Å². The first-order chi connectivity index (χ1) is 8.09. The van der Waals surface area contributed by atoms with Crippen LogP contribution in [0.25, 0.3) is 0 Å². The Labute approximate surface area is 105 Å². The fourth-order valence-corrected chi connectivity index (χ4v) is 1.94. The Morgan fingerprint density at radius 1 is 1.24 bits per heavy atom. The molecule has 5 heteroatoms. The maximum atomic E-state index is 13.5. The molecule has 0 aliphatic carbocycles. The number of aliphatic hydroxyl groups is 1. The van der Waals surface area contributed by atoms with Gasteiger partial charge in [0.25, 0.3) is 0 Å². The summed E-state index contributed by atoms with van der Waals surface area (Å²) in [5.41, 5.74) is 0.281. The van der Waals surface area contributed by atoms with Gasteiger partial charge in [-0.3, -0.25) is 4.98 Å². The van der Waals surface area contributed by atoms with Crippen molar-refractivity contribution in [1.29, 1.82) is 0 Å². The van der Waals surface area contributed by atoms with Crippen molar-refractivity contribution in [3.8, 4) is 0 Å². The zero-order chi connectivity index (χ0) is 12.4. The molecule has 0 saturated heterocycles. The molecule has 0 spiro atoms. The molecule has 0 aliphatic rings. The molecule has 17 heavy (non-hydrogen) atoms. The monoisotopic (exact) mass is 299 g/mol. The highest BCUT2D eigenvalue weighted by molar-refractivity contribution is 9.10. The van der Waals surface area contributed by atoms with Gasteiger partial charge in [0.2, 0.25) is 0 Å². The number of aromatic nitrogens is 1. The van der Waals surface area contributed by atoms with Gasteiger partial charge in [-0.25, -0.2) is 8.78 Å². The minimum Gasteiger partial charge on any atom is -0.382 e. The van der Waals surface area contributed by atoms with Gasteiger partial charge in [-0.2, -0.15) is 0 Å². The number of pyridine rings is 1. The lowest BCUT2D eigenvalue weighted by atomic mass is 10.1. The number of aliphatic hydroxyl groups excluding tert-OH is 1. The molecule has 1 N–H and O–H groups in total. The van der Waals surface area contributed by atoms with Crippen molar-refractivity contribution < 1.29 is 13.9 Å². The molecule has 0 saturated carbocycles. The Hall–Kier alpha value is -1.33. The fourth-order valence-electron chi connectivity index (χ4n) is 1.47. The van der Waals surface area contributed by atoms with Gasteiger partial charge in [0, 0.05) is 22.3 Å². The molecule has 1 heterocycles. The molecule has 0 bridgehead atoms. The SMILES string of the molecule is OC(c1ccc(F)cc1F)c1ncccc1Br. The van der Waals surface area contributed by atoms with Crippen LogP contribution in [0.15, 0.2) is 41.0 Å². The Kier molecular flexibility index (Phi) is 3.49. The summed E-state index contributed by atoms with van der Waals surface area (Å²) in [5.74, 6) is -1.48. The van der Waals surface area contributed by atoms with Gasteiger partial charge in [-0.1, -0.05) is 6.07 Å². The Bertz CT molecular complexity index is 548.